The third-order valence-corrected chi connectivity index (χ3v) is 9.32. The maximum Gasteiger partial charge on any atom is 0.298 e. The fraction of sp³-hybridized carbons (Fsp3) is 0.353. The molecule has 0 atom stereocenters. The van der Waals surface area contributed by atoms with Gasteiger partial charge in [-0.2, -0.15) is 4.98 Å². The minimum atomic E-state index is -4.05. The largest absolute Gasteiger partial charge is 0.465 e. The molecular weight excluding hydrogens is 618 g/mol. The SMILES string of the molecule is CCOc1nc2c(C)cc(C)nc2n1Cc1ccc(-c2ccccc2S(=O)(=O)Nc2onc(C)c2C)c(CN(C)CCNC(C)=O)c1. The van der Waals surface area contributed by atoms with Gasteiger partial charge in [-0.1, -0.05) is 41.6 Å². The molecule has 3 aromatic heterocycles. The molecule has 0 fully saturated rings. The summed E-state index contributed by atoms with van der Waals surface area (Å²) in [6.07, 6.45) is 0. The van der Waals surface area contributed by atoms with E-state index in [9.17, 15) is 13.2 Å². The number of amides is 1. The van der Waals surface area contributed by atoms with Gasteiger partial charge in [0.15, 0.2) is 5.65 Å². The number of carbonyl (C=O) groups excluding carboxylic acids is 1. The number of imidazole rings is 1. The first-order chi connectivity index (χ1) is 22.4. The number of aromatic nitrogens is 4. The number of carbonyl (C=O) groups is 1. The molecule has 0 unspecified atom stereocenters. The fourth-order valence-electron chi connectivity index (χ4n) is 5.49. The Morgan fingerprint density at radius 2 is 1.81 bits per heavy atom. The fourth-order valence-corrected chi connectivity index (χ4v) is 6.76. The average Bonchev–Trinajstić information content (AvgIpc) is 3.51. The highest BCUT2D eigenvalue weighted by atomic mass is 32.2. The molecule has 0 radical (unpaired) electrons. The van der Waals surface area contributed by atoms with Crippen LogP contribution in [0.5, 0.6) is 6.01 Å². The van der Waals surface area contributed by atoms with Crippen molar-refractivity contribution < 1.29 is 22.5 Å². The zero-order valence-electron chi connectivity index (χ0n) is 27.8. The van der Waals surface area contributed by atoms with Crippen molar-refractivity contribution in [1.29, 1.82) is 0 Å². The number of pyridine rings is 1. The summed E-state index contributed by atoms with van der Waals surface area (Å²) in [5.41, 5.74) is 7.84. The number of rotatable bonds is 13. The third-order valence-electron chi connectivity index (χ3n) is 7.93. The lowest BCUT2D eigenvalue weighted by Crippen LogP contribution is -2.31. The predicted molar refractivity (Wildman–Crippen MR) is 181 cm³/mol. The van der Waals surface area contributed by atoms with Gasteiger partial charge in [0.2, 0.25) is 11.8 Å². The highest BCUT2D eigenvalue weighted by Gasteiger charge is 2.24. The lowest BCUT2D eigenvalue weighted by Gasteiger charge is -2.21. The van der Waals surface area contributed by atoms with Gasteiger partial charge in [0, 0.05) is 43.4 Å². The van der Waals surface area contributed by atoms with E-state index in [1.54, 1.807) is 32.0 Å². The Morgan fingerprint density at radius 3 is 2.51 bits per heavy atom. The number of anilines is 1. The summed E-state index contributed by atoms with van der Waals surface area (Å²) >= 11 is 0. The maximum atomic E-state index is 13.8. The molecule has 0 aliphatic carbocycles. The van der Waals surface area contributed by atoms with Crippen molar-refractivity contribution in [3.63, 3.8) is 0 Å². The number of hydrogen-bond acceptors (Lipinski definition) is 9. The van der Waals surface area contributed by atoms with Crippen LogP contribution in [0.2, 0.25) is 0 Å². The van der Waals surface area contributed by atoms with Crippen LogP contribution in [0.1, 0.15) is 47.5 Å². The van der Waals surface area contributed by atoms with Crippen LogP contribution < -0.4 is 14.8 Å². The first kappa shape index (κ1) is 33.6. The van der Waals surface area contributed by atoms with Crippen molar-refractivity contribution in [1.82, 2.24) is 29.9 Å². The number of fused-ring (bicyclic) bond motifs is 1. The van der Waals surface area contributed by atoms with Gasteiger partial charge in [0.25, 0.3) is 16.0 Å². The van der Waals surface area contributed by atoms with Crippen molar-refractivity contribution in [2.45, 2.75) is 59.5 Å². The van der Waals surface area contributed by atoms with Gasteiger partial charge < -0.3 is 19.5 Å². The molecule has 0 saturated carbocycles. The standard InChI is InChI=1S/C34H41N7O5S/c1-8-45-34-37-31-21(2)17-22(3)36-32(31)41(34)19-26-13-14-28(27(18-26)20-40(7)16-15-35-25(6)42)29-11-9-10-12-30(29)47(43,44)39-33-23(4)24(5)38-46-33/h9-14,17-18,39H,8,15-16,19-20H2,1-7H3,(H,35,42). The molecule has 0 aliphatic rings. The van der Waals surface area contributed by atoms with Crippen molar-refractivity contribution in [3.8, 4) is 17.1 Å². The van der Waals surface area contributed by atoms with E-state index in [1.165, 1.54) is 6.92 Å². The molecule has 5 rings (SSSR count). The number of hydrogen-bond donors (Lipinski definition) is 2. The second-order valence-corrected chi connectivity index (χ2v) is 13.4. The van der Waals surface area contributed by atoms with E-state index >= 15 is 0 Å². The monoisotopic (exact) mass is 659 g/mol. The molecule has 248 valence electrons. The zero-order chi connectivity index (χ0) is 33.9. The van der Waals surface area contributed by atoms with Gasteiger partial charge in [0.05, 0.1) is 23.7 Å². The molecule has 3 heterocycles. The summed E-state index contributed by atoms with van der Waals surface area (Å²) in [6.45, 7) is 13.3. The van der Waals surface area contributed by atoms with E-state index in [0.29, 0.717) is 55.6 Å². The molecule has 13 heteroatoms. The summed E-state index contributed by atoms with van der Waals surface area (Å²) in [5, 5.41) is 6.73. The molecule has 5 aromatic rings. The van der Waals surface area contributed by atoms with E-state index in [1.807, 2.05) is 56.7 Å². The van der Waals surface area contributed by atoms with E-state index < -0.39 is 10.0 Å². The van der Waals surface area contributed by atoms with Crippen molar-refractivity contribution in [2.24, 2.45) is 0 Å². The first-order valence-electron chi connectivity index (χ1n) is 15.4. The number of nitrogens with one attached hydrogen (secondary N) is 2. The Kier molecular flexibility index (Phi) is 9.96. The summed E-state index contributed by atoms with van der Waals surface area (Å²) in [4.78, 5) is 23.2. The van der Waals surface area contributed by atoms with Crippen LogP contribution in [0.3, 0.4) is 0 Å². The minimum Gasteiger partial charge on any atom is -0.465 e. The average molecular weight is 660 g/mol. The van der Waals surface area contributed by atoms with Crippen LogP contribution >= 0.6 is 0 Å². The van der Waals surface area contributed by atoms with Gasteiger partial charge in [-0.15, -0.1) is 0 Å². The molecule has 1 amide bonds. The molecule has 47 heavy (non-hydrogen) atoms. The number of sulfonamides is 1. The van der Waals surface area contributed by atoms with Crippen LogP contribution in [0.15, 0.2) is 57.9 Å². The summed E-state index contributed by atoms with van der Waals surface area (Å²) in [6, 6.07) is 15.4. The number of benzene rings is 2. The molecule has 0 spiro atoms. The maximum absolute atomic E-state index is 13.8. The van der Waals surface area contributed by atoms with Crippen LogP contribution in [0.25, 0.3) is 22.3 Å². The molecule has 2 aromatic carbocycles. The van der Waals surface area contributed by atoms with E-state index in [-0.39, 0.29) is 16.7 Å². The van der Waals surface area contributed by atoms with Crippen LogP contribution in [-0.4, -0.2) is 65.7 Å². The lowest BCUT2D eigenvalue weighted by atomic mass is 9.97. The Balaban J connectivity index is 1.58. The summed E-state index contributed by atoms with van der Waals surface area (Å²) in [5.74, 6) is -0.0102. The molecule has 2 N–H and O–H groups in total. The highest BCUT2D eigenvalue weighted by molar-refractivity contribution is 7.92. The van der Waals surface area contributed by atoms with E-state index in [2.05, 4.69) is 26.2 Å². The predicted octanol–water partition coefficient (Wildman–Crippen LogP) is 5.14. The number of nitrogens with zero attached hydrogens (tertiary/aromatic N) is 5. The Labute approximate surface area is 275 Å². The van der Waals surface area contributed by atoms with Crippen LogP contribution in [0, 0.1) is 27.7 Å². The lowest BCUT2D eigenvalue weighted by molar-refractivity contribution is -0.119. The zero-order valence-corrected chi connectivity index (χ0v) is 28.7. The molecule has 0 saturated heterocycles. The van der Waals surface area contributed by atoms with E-state index in [0.717, 1.165) is 39.1 Å². The Morgan fingerprint density at radius 1 is 1.04 bits per heavy atom. The second-order valence-electron chi connectivity index (χ2n) is 11.7. The molecular formula is C34H41N7O5S. The summed E-state index contributed by atoms with van der Waals surface area (Å²) < 4.78 is 43.3. The summed E-state index contributed by atoms with van der Waals surface area (Å²) in [7, 11) is -2.09. The third kappa shape index (κ3) is 7.47. The van der Waals surface area contributed by atoms with Crippen molar-refractivity contribution in [3.05, 3.63) is 82.2 Å². The Bertz CT molecular complexity index is 2030. The number of ether oxygens (including phenoxy) is 1. The smallest absolute Gasteiger partial charge is 0.298 e. The first-order valence-corrected chi connectivity index (χ1v) is 16.9. The van der Waals surface area contributed by atoms with Crippen LogP contribution in [0.4, 0.5) is 5.88 Å². The number of likely N-dealkylation sites (N-methyl/N-ethyl adjacent to an activating group) is 1. The van der Waals surface area contributed by atoms with Gasteiger partial charge in [0.1, 0.15) is 5.52 Å². The van der Waals surface area contributed by atoms with Gasteiger partial charge in [-0.05, 0) is 76.1 Å². The topological polar surface area (TPSA) is 144 Å². The highest BCUT2D eigenvalue weighted by Crippen LogP contribution is 2.34. The minimum absolute atomic E-state index is 0.0855. The van der Waals surface area contributed by atoms with Gasteiger partial charge >= 0.3 is 0 Å². The molecule has 0 aliphatic heterocycles. The van der Waals surface area contributed by atoms with Crippen LogP contribution in [-0.2, 0) is 27.9 Å². The quantitative estimate of drug-likeness (QED) is 0.176. The molecule has 12 nitrogen and oxygen atoms in total. The number of aryl methyl sites for hydroxylation is 3. The van der Waals surface area contributed by atoms with Crippen molar-refractivity contribution in [2.75, 3.05) is 31.5 Å². The second kappa shape index (κ2) is 13.9. The normalized spacial score (nSPS) is 11.7. The Hall–Kier alpha value is -4.75. The van der Waals surface area contributed by atoms with Crippen molar-refractivity contribution >= 4 is 33.0 Å². The van der Waals surface area contributed by atoms with Gasteiger partial charge in [-0.25, -0.2) is 18.1 Å². The molecule has 0 bridgehead atoms. The van der Waals surface area contributed by atoms with E-state index in [4.69, 9.17) is 19.2 Å². The van der Waals surface area contributed by atoms with Gasteiger partial charge in [-0.3, -0.25) is 9.36 Å².